The van der Waals surface area contributed by atoms with Crippen molar-refractivity contribution in [3.8, 4) is 17.2 Å². The minimum absolute atomic E-state index is 0.0793. The largest absolute Gasteiger partial charge is 0.504 e. The molecule has 22 heavy (non-hydrogen) atoms. The summed E-state index contributed by atoms with van der Waals surface area (Å²) in [6, 6.07) is 8.02. The molecule has 2 aromatic rings. The SMILES string of the molecule is COc1cc(OC)c(O)c(Pc2ccc(F)cc2N(C)C)c1. The zero-order valence-electron chi connectivity index (χ0n) is 13.0. The van der Waals surface area contributed by atoms with Gasteiger partial charge in [0.2, 0.25) is 0 Å². The molecule has 0 aliphatic rings. The minimum atomic E-state index is -0.287. The Hall–Kier alpha value is -2.00. The molecule has 0 saturated heterocycles. The van der Waals surface area contributed by atoms with Crippen molar-refractivity contribution in [2.75, 3.05) is 33.2 Å². The summed E-state index contributed by atoms with van der Waals surface area (Å²) >= 11 is 0. The van der Waals surface area contributed by atoms with Crippen LogP contribution in [0.15, 0.2) is 30.3 Å². The molecule has 2 aromatic carbocycles. The first-order valence-corrected chi connectivity index (χ1v) is 7.65. The number of nitrogens with zero attached hydrogens (tertiary/aromatic N) is 1. The molecule has 0 aliphatic heterocycles. The van der Waals surface area contributed by atoms with E-state index < -0.39 is 0 Å². The van der Waals surface area contributed by atoms with Gasteiger partial charge in [0.25, 0.3) is 0 Å². The molecular formula is C16H19FNO3P. The number of phenols is 1. The van der Waals surface area contributed by atoms with Crippen molar-refractivity contribution in [3.63, 3.8) is 0 Å². The average molecular weight is 323 g/mol. The van der Waals surface area contributed by atoms with E-state index in [-0.39, 0.29) is 20.1 Å². The highest BCUT2D eigenvalue weighted by Crippen LogP contribution is 2.34. The third-order valence-electron chi connectivity index (χ3n) is 3.22. The molecule has 0 saturated carbocycles. The number of phenolic OH excluding ortho intramolecular Hbond substituents is 1. The molecule has 1 atom stereocenters. The zero-order chi connectivity index (χ0) is 16.3. The average Bonchev–Trinajstić information content (AvgIpc) is 2.50. The van der Waals surface area contributed by atoms with E-state index in [4.69, 9.17) is 9.47 Å². The highest BCUT2D eigenvalue weighted by molar-refractivity contribution is 7.56. The molecule has 6 heteroatoms. The summed E-state index contributed by atoms with van der Waals surface area (Å²) in [4.78, 5) is 1.85. The second-order valence-electron chi connectivity index (χ2n) is 4.91. The Labute approximate surface area is 131 Å². The van der Waals surface area contributed by atoms with E-state index in [0.717, 1.165) is 11.0 Å². The van der Waals surface area contributed by atoms with Gasteiger partial charge in [-0.3, -0.25) is 0 Å². The Morgan fingerprint density at radius 3 is 2.36 bits per heavy atom. The molecule has 0 aliphatic carbocycles. The molecular weight excluding hydrogens is 304 g/mol. The van der Waals surface area contributed by atoms with Gasteiger partial charge in [0, 0.05) is 36.5 Å². The fraction of sp³-hybridized carbons (Fsp3) is 0.250. The molecule has 2 rings (SSSR count). The summed E-state index contributed by atoms with van der Waals surface area (Å²) in [6.07, 6.45) is 0. The first-order valence-electron chi connectivity index (χ1n) is 6.65. The maximum Gasteiger partial charge on any atom is 0.165 e. The number of hydrogen-bond acceptors (Lipinski definition) is 4. The van der Waals surface area contributed by atoms with Crippen molar-refractivity contribution in [2.24, 2.45) is 0 Å². The van der Waals surface area contributed by atoms with E-state index in [2.05, 4.69) is 0 Å². The van der Waals surface area contributed by atoms with Crippen molar-refractivity contribution in [1.82, 2.24) is 0 Å². The van der Waals surface area contributed by atoms with Gasteiger partial charge in [0.1, 0.15) is 11.6 Å². The van der Waals surface area contributed by atoms with Crippen LogP contribution in [0.2, 0.25) is 0 Å². The van der Waals surface area contributed by atoms with Gasteiger partial charge in [0.15, 0.2) is 11.5 Å². The second kappa shape index (κ2) is 6.84. The van der Waals surface area contributed by atoms with Crippen molar-refractivity contribution in [3.05, 3.63) is 36.1 Å². The van der Waals surface area contributed by atoms with Gasteiger partial charge in [-0.25, -0.2) is 4.39 Å². The molecule has 0 aromatic heterocycles. The lowest BCUT2D eigenvalue weighted by Crippen LogP contribution is -2.18. The summed E-state index contributed by atoms with van der Waals surface area (Å²) in [6.45, 7) is 0. The summed E-state index contributed by atoms with van der Waals surface area (Å²) in [5, 5.41) is 11.9. The topological polar surface area (TPSA) is 41.9 Å². The van der Waals surface area contributed by atoms with E-state index in [1.165, 1.54) is 19.2 Å². The van der Waals surface area contributed by atoms with Gasteiger partial charge >= 0.3 is 0 Å². The lowest BCUT2D eigenvalue weighted by atomic mass is 10.3. The third-order valence-corrected chi connectivity index (χ3v) is 4.56. The maximum atomic E-state index is 13.5. The van der Waals surface area contributed by atoms with E-state index in [1.807, 2.05) is 19.0 Å². The number of benzene rings is 2. The Morgan fingerprint density at radius 1 is 1.05 bits per heavy atom. The Bertz CT molecular complexity index is 677. The van der Waals surface area contributed by atoms with Gasteiger partial charge < -0.3 is 19.5 Å². The van der Waals surface area contributed by atoms with Crippen molar-refractivity contribution >= 4 is 24.9 Å². The standard InChI is InChI=1S/C16H19FNO3P/c1-18(2)12-7-10(17)5-6-14(12)22-15-9-11(20-3)8-13(21-4)16(15)19/h5-9,19,22H,1-4H3. The van der Waals surface area contributed by atoms with Crippen LogP contribution in [0.5, 0.6) is 17.2 Å². The van der Waals surface area contributed by atoms with Gasteiger partial charge in [-0.05, 0) is 24.3 Å². The first kappa shape index (κ1) is 16.4. The van der Waals surface area contributed by atoms with Crippen molar-refractivity contribution in [1.29, 1.82) is 0 Å². The van der Waals surface area contributed by atoms with Crippen LogP contribution in [-0.4, -0.2) is 33.4 Å². The van der Waals surface area contributed by atoms with Gasteiger partial charge in [-0.15, -0.1) is 0 Å². The van der Waals surface area contributed by atoms with Crippen LogP contribution in [0.25, 0.3) is 0 Å². The summed E-state index contributed by atoms with van der Waals surface area (Å²) in [7, 11) is 6.90. The first-order chi connectivity index (χ1) is 10.5. The monoisotopic (exact) mass is 323 g/mol. The van der Waals surface area contributed by atoms with Crippen LogP contribution in [0, 0.1) is 5.82 Å². The molecule has 0 bridgehead atoms. The van der Waals surface area contributed by atoms with E-state index in [1.54, 1.807) is 25.3 Å². The van der Waals surface area contributed by atoms with Gasteiger partial charge in [-0.2, -0.15) is 0 Å². The number of anilines is 1. The zero-order valence-corrected chi connectivity index (χ0v) is 14.0. The lowest BCUT2D eigenvalue weighted by Gasteiger charge is -2.18. The molecule has 4 nitrogen and oxygen atoms in total. The molecule has 0 radical (unpaired) electrons. The fourth-order valence-electron chi connectivity index (χ4n) is 2.08. The van der Waals surface area contributed by atoms with E-state index >= 15 is 0 Å². The third kappa shape index (κ3) is 3.42. The summed E-state index contributed by atoms with van der Waals surface area (Å²) < 4.78 is 23.8. The predicted octanol–water partition coefficient (Wildman–Crippen LogP) is 2.24. The molecule has 1 unspecified atom stereocenters. The fourth-order valence-corrected chi connectivity index (χ4v) is 3.41. The lowest BCUT2D eigenvalue weighted by molar-refractivity contribution is 0.366. The molecule has 118 valence electrons. The number of ether oxygens (including phenoxy) is 2. The number of rotatable bonds is 5. The molecule has 0 spiro atoms. The quantitative estimate of drug-likeness (QED) is 0.857. The molecule has 0 heterocycles. The normalized spacial score (nSPS) is 11.0. The highest BCUT2D eigenvalue weighted by Gasteiger charge is 2.14. The number of methoxy groups -OCH3 is 2. The molecule has 1 N–H and O–H groups in total. The highest BCUT2D eigenvalue weighted by atomic mass is 31.1. The van der Waals surface area contributed by atoms with Gasteiger partial charge in [0.05, 0.1) is 14.2 Å². The number of hydrogen-bond donors (Lipinski definition) is 1. The van der Waals surface area contributed by atoms with Crippen LogP contribution in [0.4, 0.5) is 10.1 Å². The van der Waals surface area contributed by atoms with Crippen molar-refractivity contribution < 1.29 is 19.0 Å². The van der Waals surface area contributed by atoms with E-state index in [9.17, 15) is 9.50 Å². The summed E-state index contributed by atoms with van der Waals surface area (Å²) in [5.74, 6) is 0.751. The van der Waals surface area contributed by atoms with Gasteiger partial charge in [-0.1, -0.05) is 8.58 Å². The van der Waals surface area contributed by atoms with E-state index in [0.29, 0.717) is 16.8 Å². The van der Waals surface area contributed by atoms with Crippen LogP contribution in [0.3, 0.4) is 0 Å². The van der Waals surface area contributed by atoms with Crippen LogP contribution < -0.4 is 25.0 Å². The predicted molar refractivity (Wildman–Crippen MR) is 89.5 cm³/mol. The Morgan fingerprint density at radius 2 is 1.77 bits per heavy atom. The Balaban J connectivity index is 2.47. The maximum absolute atomic E-state index is 13.5. The second-order valence-corrected chi connectivity index (χ2v) is 6.23. The number of aromatic hydroxyl groups is 1. The smallest absolute Gasteiger partial charge is 0.165 e. The molecule has 0 fully saturated rings. The van der Waals surface area contributed by atoms with Crippen molar-refractivity contribution in [2.45, 2.75) is 0 Å². The van der Waals surface area contributed by atoms with Crippen LogP contribution >= 0.6 is 8.58 Å². The van der Waals surface area contributed by atoms with Crippen LogP contribution in [-0.2, 0) is 0 Å². The molecule has 0 amide bonds. The minimum Gasteiger partial charge on any atom is -0.504 e. The summed E-state index contributed by atoms with van der Waals surface area (Å²) in [5.41, 5.74) is 0.777. The Kier molecular flexibility index (Phi) is 5.09. The number of halogens is 1. The van der Waals surface area contributed by atoms with Crippen LogP contribution in [0.1, 0.15) is 0 Å².